The van der Waals surface area contributed by atoms with Gasteiger partial charge in [-0.05, 0) is 79.3 Å². The van der Waals surface area contributed by atoms with Gasteiger partial charge in [-0.15, -0.1) is 0 Å². The first kappa shape index (κ1) is 25.6. The topological polar surface area (TPSA) is 57.4 Å². The molecule has 1 saturated heterocycles. The first-order valence-corrected chi connectivity index (χ1v) is 13.5. The number of piperidine rings is 1. The van der Waals surface area contributed by atoms with Crippen molar-refractivity contribution in [2.75, 3.05) is 19.0 Å². The number of hydrogen-bond acceptors (Lipinski definition) is 3. The minimum Gasteiger partial charge on any atom is -0.496 e. The van der Waals surface area contributed by atoms with Crippen LogP contribution in [0.3, 0.4) is 0 Å². The van der Waals surface area contributed by atoms with E-state index < -0.39 is 5.92 Å². The Bertz CT molecular complexity index is 1490. The molecule has 0 unspecified atom stereocenters. The lowest BCUT2D eigenvalue weighted by Gasteiger charge is -2.54. The van der Waals surface area contributed by atoms with Crippen LogP contribution in [0.2, 0.25) is 0 Å². The number of para-hydroxylation sites is 1. The lowest BCUT2D eigenvalue weighted by molar-refractivity contribution is -0.186. The van der Waals surface area contributed by atoms with E-state index in [1.54, 1.807) is 7.11 Å². The number of ether oxygens (including phenoxy) is 1. The van der Waals surface area contributed by atoms with E-state index >= 15 is 0 Å². The first-order chi connectivity index (χ1) is 18.8. The van der Waals surface area contributed by atoms with Gasteiger partial charge in [0.2, 0.25) is 5.92 Å². The maximum Gasteiger partial charge on any atom is 0.255 e. The standard InChI is InChI=1S/C32H33F2N3O2/c1-21-16-28(39-2)26(25-12-14-35-29(21)25)18-37-15-13-31(19-32(33,34)20-31)17-27(37)22-8-10-23(11-9-22)30(38)36-24-6-4-3-5-7-24/h3-12,14,16,27,35H,13,15,17-20H2,1-2H3,(H,36,38)/t27-/m1/s1. The van der Waals surface area contributed by atoms with Gasteiger partial charge in [-0.3, -0.25) is 9.69 Å². The second-order valence-electron chi connectivity index (χ2n) is 11.2. The molecule has 1 saturated carbocycles. The number of rotatable bonds is 6. The van der Waals surface area contributed by atoms with Gasteiger partial charge in [0, 0.05) is 59.3 Å². The Morgan fingerprint density at radius 2 is 1.85 bits per heavy atom. The number of aryl methyl sites for hydroxylation is 1. The van der Waals surface area contributed by atoms with E-state index in [0.29, 0.717) is 18.5 Å². The van der Waals surface area contributed by atoms with Crippen LogP contribution in [0.5, 0.6) is 5.75 Å². The third-order valence-corrected chi connectivity index (χ3v) is 8.55. The van der Waals surface area contributed by atoms with Gasteiger partial charge in [0.25, 0.3) is 5.91 Å². The summed E-state index contributed by atoms with van der Waals surface area (Å²) in [6.45, 7) is 3.43. The summed E-state index contributed by atoms with van der Waals surface area (Å²) in [5.74, 6) is -1.91. The molecule has 202 valence electrons. The second-order valence-corrected chi connectivity index (χ2v) is 11.2. The molecule has 1 spiro atoms. The molecule has 2 fully saturated rings. The molecule has 1 aromatic heterocycles. The molecule has 2 aliphatic rings. The molecule has 2 heterocycles. The Hall–Kier alpha value is -3.71. The SMILES string of the molecule is COc1cc(C)c2[nH]ccc2c1CN1CCC2(C[C@@H]1c1ccc(C(=O)Nc3ccccc3)cc1)CC(F)(F)C2. The van der Waals surface area contributed by atoms with Crippen LogP contribution in [0.1, 0.15) is 58.8 Å². The highest BCUT2D eigenvalue weighted by molar-refractivity contribution is 6.04. The Kier molecular flexibility index (Phi) is 6.42. The summed E-state index contributed by atoms with van der Waals surface area (Å²) >= 11 is 0. The number of benzene rings is 3. The van der Waals surface area contributed by atoms with Crippen molar-refractivity contribution in [3.8, 4) is 5.75 Å². The van der Waals surface area contributed by atoms with Crippen molar-refractivity contribution in [3.05, 3.63) is 95.2 Å². The monoisotopic (exact) mass is 529 g/mol. The third-order valence-electron chi connectivity index (χ3n) is 8.55. The van der Waals surface area contributed by atoms with Crippen molar-refractivity contribution >= 4 is 22.5 Å². The molecule has 4 aromatic rings. The quantitative estimate of drug-likeness (QED) is 0.272. The highest BCUT2D eigenvalue weighted by atomic mass is 19.3. The van der Waals surface area contributed by atoms with E-state index in [1.165, 1.54) is 0 Å². The number of H-pyrrole nitrogens is 1. The zero-order chi connectivity index (χ0) is 27.2. The molecule has 1 atom stereocenters. The highest BCUT2D eigenvalue weighted by Crippen LogP contribution is 2.60. The fraction of sp³-hybridized carbons (Fsp3) is 0.344. The molecule has 39 heavy (non-hydrogen) atoms. The lowest BCUT2D eigenvalue weighted by Crippen LogP contribution is -2.53. The molecule has 1 amide bonds. The molecular formula is C32H33F2N3O2. The summed E-state index contributed by atoms with van der Waals surface area (Å²) in [6.07, 6.45) is 3.28. The molecule has 5 nitrogen and oxygen atoms in total. The number of halogens is 2. The largest absolute Gasteiger partial charge is 0.496 e. The predicted octanol–water partition coefficient (Wildman–Crippen LogP) is 7.49. The molecule has 0 bridgehead atoms. The normalized spacial score (nSPS) is 20.1. The van der Waals surface area contributed by atoms with Gasteiger partial charge >= 0.3 is 0 Å². The molecule has 1 aliphatic heterocycles. The van der Waals surface area contributed by atoms with Gasteiger partial charge < -0.3 is 15.0 Å². The zero-order valence-corrected chi connectivity index (χ0v) is 22.3. The van der Waals surface area contributed by atoms with Gasteiger partial charge in [0.05, 0.1) is 7.11 Å². The van der Waals surface area contributed by atoms with Gasteiger partial charge in [0.1, 0.15) is 5.75 Å². The summed E-state index contributed by atoms with van der Waals surface area (Å²) in [5, 5.41) is 4.04. The van der Waals surface area contributed by atoms with E-state index in [2.05, 4.69) is 34.3 Å². The van der Waals surface area contributed by atoms with Gasteiger partial charge in [-0.25, -0.2) is 8.78 Å². The Morgan fingerprint density at radius 1 is 1.10 bits per heavy atom. The van der Waals surface area contributed by atoms with Crippen LogP contribution in [0.4, 0.5) is 14.5 Å². The summed E-state index contributed by atoms with van der Waals surface area (Å²) < 4.78 is 33.9. The highest BCUT2D eigenvalue weighted by Gasteiger charge is 2.58. The second kappa shape index (κ2) is 9.79. The van der Waals surface area contributed by atoms with E-state index in [-0.39, 0.29) is 30.2 Å². The molecule has 7 heteroatoms. The van der Waals surface area contributed by atoms with E-state index in [1.807, 2.05) is 60.8 Å². The molecule has 6 rings (SSSR count). The van der Waals surface area contributed by atoms with E-state index in [4.69, 9.17) is 4.74 Å². The van der Waals surface area contributed by atoms with E-state index in [9.17, 15) is 13.6 Å². The Morgan fingerprint density at radius 3 is 2.54 bits per heavy atom. The van der Waals surface area contributed by atoms with Crippen LogP contribution in [-0.4, -0.2) is 35.4 Å². The number of hydrogen-bond donors (Lipinski definition) is 2. The summed E-state index contributed by atoms with van der Waals surface area (Å²) in [6, 6.07) is 21.1. The van der Waals surface area contributed by atoms with Crippen LogP contribution in [0.25, 0.3) is 10.9 Å². The summed E-state index contributed by atoms with van der Waals surface area (Å²) in [7, 11) is 1.69. The van der Waals surface area contributed by atoms with Gasteiger partial charge in [-0.1, -0.05) is 30.3 Å². The van der Waals surface area contributed by atoms with Gasteiger partial charge in [0.15, 0.2) is 0 Å². The number of alkyl halides is 2. The summed E-state index contributed by atoms with van der Waals surface area (Å²) in [5.41, 5.74) is 5.30. The van der Waals surface area contributed by atoms with Crippen LogP contribution in [-0.2, 0) is 6.54 Å². The zero-order valence-electron chi connectivity index (χ0n) is 22.3. The number of aromatic amines is 1. The number of aromatic nitrogens is 1. The van der Waals surface area contributed by atoms with Crippen molar-refractivity contribution in [3.63, 3.8) is 0 Å². The number of likely N-dealkylation sites (tertiary alicyclic amines) is 1. The molecule has 1 aliphatic carbocycles. The van der Waals surface area contributed by atoms with Crippen LogP contribution < -0.4 is 10.1 Å². The number of carbonyl (C=O) groups is 1. The van der Waals surface area contributed by atoms with Crippen molar-refractivity contribution in [2.24, 2.45) is 5.41 Å². The fourth-order valence-corrected chi connectivity index (χ4v) is 6.63. The maximum atomic E-state index is 14.1. The summed E-state index contributed by atoms with van der Waals surface area (Å²) in [4.78, 5) is 18.5. The Labute approximate surface area is 227 Å². The first-order valence-electron chi connectivity index (χ1n) is 13.5. The minimum atomic E-state index is -2.57. The van der Waals surface area contributed by atoms with Crippen molar-refractivity contribution in [2.45, 2.75) is 51.1 Å². The molecular weight excluding hydrogens is 496 g/mol. The van der Waals surface area contributed by atoms with Crippen molar-refractivity contribution < 1.29 is 18.3 Å². The number of nitrogens with one attached hydrogen (secondary N) is 2. The van der Waals surface area contributed by atoms with Crippen LogP contribution in [0.15, 0.2) is 72.9 Å². The Balaban J connectivity index is 1.29. The molecule has 3 aromatic carbocycles. The van der Waals surface area contributed by atoms with Crippen LogP contribution >= 0.6 is 0 Å². The lowest BCUT2D eigenvalue weighted by atomic mass is 9.59. The molecule has 0 radical (unpaired) electrons. The maximum absolute atomic E-state index is 14.1. The number of nitrogens with zero attached hydrogens (tertiary/aromatic N) is 1. The van der Waals surface area contributed by atoms with Crippen molar-refractivity contribution in [1.82, 2.24) is 9.88 Å². The molecule has 2 N–H and O–H groups in total. The predicted molar refractivity (Wildman–Crippen MR) is 149 cm³/mol. The third kappa shape index (κ3) is 4.91. The van der Waals surface area contributed by atoms with Crippen molar-refractivity contribution in [1.29, 1.82) is 0 Å². The number of carbonyl (C=O) groups excluding carboxylic acids is 1. The van der Waals surface area contributed by atoms with Gasteiger partial charge in [-0.2, -0.15) is 0 Å². The number of anilines is 1. The average molecular weight is 530 g/mol. The fourth-order valence-electron chi connectivity index (χ4n) is 6.63. The number of fused-ring (bicyclic) bond motifs is 1. The number of amides is 1. The van der Waals surface area contributed by atoms with E-state index in [0.717, 1.165) is 52.0 Å². The number of methoxy groups -OCH3 is 1. The van der Waals surface area contributed by atoms with Crippen LogP contribution in [0, 0.1) is 12.3 Å². The average Bonchev–Trinajstić information content (AvgIpc) is 3.41. The smallest absolute Gasteiger partial charge is 0.255 e. The minimum absolute atomic E-state index is 0.0407.